The number of anilines is 1. The highest BCUT2D eigenvalue weighted by molar-refractivity contribution is 6.00. The molecule has 0 heterocycles. The van der Waals surface area contributed by atoms with E-state index in [4.69, 9.17) is 0 Å². The predicted octanol–water partition coefficient (Wildman–Crippen LogP) is 2.64. The van der Waals surface area contributed by atoms with Gasteiger partial charge in [-0.15, -0.1) is 0 Å². The molecule has 2 nitrogen and oxygen atoms in total. The normalized spacial score (nSPS) is 11.4. The van der Waals surface area contributed by atoms with Crippen molar-refractivity contribution < 1.29 is 22.4 Å². The Morgan fingerprint density at radius 2 is 1.81 bits per heavy atom. The monoisotopic (exact) mass is 235 g/mol. The van der Waals surface area contributed by atoms with Crippen molar-refractivity contribution >= 4 is 11.5 Å². The molecule has 0 N–H and O–H groups in total. The number of rotatable bonds is 2. The van der Waals surface area contributed by atoms with Crippen LogP contribution in [0.25, 0.3) is 0 Å². The lowest BCUT2D eigenvalue weighted by atomic mass is 10.1. The molecule has 0 unspecified atom stereocenters. The molecule has 0 spiro atoms. The first-order valence-corrected chi connectivity index (χ1v) is 4.32. The summed E-state index contributed by atoms with van der Waals surface area (Å²) in [4.78, 5) is 12.2. The second-order valence-electron chi connectivity index (χ2n) is 3.39. The van der Waals surface area contributed by atoms with Crippen molar-refractivity contribution in [3.8, 4) is 0 Å². The van der Waals surface area contributed by atoms with E-state index in [2.05, 4.69) is 0 Å². The highest BCUT2D eigenvalue weighted by Gasteiger charge is 2.39. The number of nitrogens with zero attached hydrogens (tertiary/aromatic N) is 1. The van der Waals surface area contributed by atoms with Gasteiger partial charge < -0.3 is 4.90 Å². The third kappa shape index (κ3) is 2.50. The summed E-state index contributed by atoms with van der Waals surface area (Å²) in [5.41, 5.74) is -0.575. The van der Waals surface area contributed by atoms with Gasteiger partial charge in [0.2, 0.25) is 0 Å². The molecule has 0 atom stereocenters. The van der Waals surface area contributed by atoms with Crippen LogP contribution in [-0.2, 0) is 0 Å². The van der Waals surface area contributed by atoms with E-state index in [-0.39, 0.29) is 5.69 Å². The first kappa shape index (κ1) is 12.5. The molecule has 0 fully saturated rings. The van der Waals surface area contributed by atoms with Crippen LogP contribution in [0.5, 0.6) is 0 Å². The van der Waals surface area contributed by atoms with Gasteiger partial charge in [0.25, 0.3) is 5.78 Å². The molecule has 88 valence electrons. The maximum absolute atomic E-state index is 13.3. The number of benzene rings is 1. The van der Waals surface area contributed by atoms with Crippen molar-refractivity contribution in [3.63, 3.8) is 0 Å². The minimum absolute atomic E-state index is 0.124. The number of Topliss-reactive ketones (excluding diaryl/α,β-unsaturated/α-hetero) is 1. The van der Waals surface area contributed by atoms with Gasteiger partial charge in [-0.3, -0.25) is 4.79 Å². The fourth-order valence-electron chi connectivity index (χ4n) is 1.17. The fourth-order valence-corrected chi connectivity index (χ4v) is 1.17. The van der Waals surface area contributed by atoms with Crippen molar-refractivity contribution in [1.29, 1.82) is 0 Å². The SMILES string of the molecule is CN(C)c1ccc(C(=O)C(F)(F)F)cc1F. The van der Waals surface area contributed by atoms with Crippen LogP contribution in [0.2, 0.25) is 0 Å². The second-order valence-corrected chi connectivity index (χ2v) is 3.39. The first-order chi connectivity index (χ1) is 7.23. The third-order valence-electron chi connectivity index (χ3n) is 1.95. The maximum atomic E-state index is 13.3. The minimum Gasteiger partial charge on any atom is -0.375 e. The van der Waals surface area contributed by atoms with Gasteiger partial charge in [-0.2, -0.15) is 13.2 Å². The summed E-state index contributed by atoms with van der Waals surface area (Å²) in [5, 5.41) is 0. The number of hydrogen-bond donors (Lipinski definition) is 0. The molecule has 0 aromatic heterocycles. The standard InChI is InChI=1S/C10H9F4NO/c1-15(2)8-4-3-6(5-7(8)11)9(16)10(12,13)14/h3-5H,1-2H3. The van der Waals surface area contributed by atoms with Gasteiger partial charge in [0.05, 0.1) is 5.69 Å². The van der Waals surface area contributed by atoms with Crippen molar-refractivity contribution in [2.45, 2.75) is 6.18 Å². The zero-order valence-corrected chi connectivity index (χ0v) is 8.60. The average Bonchev–Trinajstić information content (AvgIpc) is 2.14. The smallest absolute Gasteiger partial charge is 0.375 e. The van der Waals surface area contributed by atoms with Gasteiger partial charge >= 0.3 is 6.18 Å². The number of halogens is 4. The van der Waals surface area contributed by atoms with Crippen molar-refractivity contribution in [3.05, 3.63) is 29.6 Å². The summed E-state index contributed by atoms with van der Waals surface area (Å²) in [6.07, 6.45) is -4.98. The van der Waals surface area contributed by atoms with E-state index in [1.54, 1.807) is 14.1 Å². The number of carbonyl (C=O) groups is 1. The lowest BCUT2D eigenvalue weighted by molar-refractivity contribution is -0.0885. The van der Waals surface area contributed by atoms with Crippen LogP contribution in [-0.4, -0.2) is 26.1 Å². The van der Waals surface area contributed by atoms with E-state index in [9.17, 15) is 22.4 Å². The summed E-state index contributed by atoms with van der Waals surface area (Å²) in [5.74, 6) is -2.91. The Hall–Kier alpha value is -1.59. The van der Waals surface area contributed by atoms with Crippen molar-refractivity contribution in [1.82, 2.24) is 0 Å². The lowest BCUT2D eigenvalue weighted by Gasteiger charge is -2.14. The highest BCUT2D eigenvalue weighted by atomic mass is 19.4. The van der Waals surface area contributed by atoms with E-state index in [0.29, 0.717) is 6.07 Å². The molecule has 0 aliphatic rings. The van der Waals surface area contributed by atoms with Gasteiger partial charge in [-0.25, -0.2) is 4.39 Å². The first-order valence-electron chi connectivity index (χ1n) is 4.32. The van der Waals surface area contributed by atoms with E-state index in [1.165, 1.54) is 4.90 Å². The Labute approximate surface area is 89.5 Å². The average molecular weight is 235 g/mol. The molecule has 0 radical (unpaired) electrons. The molecule has 16 heavy (non-hydrogen) atoms. The molecular formula is C10H9F4NO. The fraction of sp³-hybridized carbons (Fsp3) is 0.300. The summed E-state index contributed by atoms with van der Waals surface area (Å²) >= 11 is 0. The Kier molecular flexibility index (Phi) is 3.21. The molecule has 0 aliphatic heterocycles. The summed E-state index contributed by atoms with van der Waals surface area (Å²) in [6, 6.07) is 2.67. The molecule has 0 saturated carbocycles. The Morgan fingerprint density at radius 3 is 2.19 bits per heavy atom. The van der Waals surface area contributed by atoms with E-state index >= 15 is 0 Å². The Morgan fingerprint density at radius 1 is 1.25 bits per heavy atom. The number of ketones is 1. The molecule has 1 aromatic rings. The molecule has 0 amide bonds. The molecule has 6 heteroatoms. The van der Waals surface area contributed by atoms with E-state index in [0.717, 1.165) is 12.1 Å². The van der Waals surface area contributed by atoms with Crippen LogP contribution < -0.4 is 4.90 Å². The molecule has 1 aromatic carbocycles. The molecule has 0 bridgehead atoms. The molecule has 1 rings (SSSR count). The molecular weight excluding hydrogens is 226 g/mol. The van der Waals surface area contributed by atoms with E-state index in [1.807, 2.05) is 0 Å². The van der Waals surface area contributed by atoms with Gasteiger partial charge in [-0.05, 0) is 18.2 Å². The van der Waals surface area contributed by atoms with Crippen LogP contribution in [0.15, 0.2) is 18.2 Å². The topological polar surface area (TPSA) is 20.3 Å². The van der Waals surface area contributed by atoms with Gasteiger partial charge in [0.1, 0.15) is 5.82 Å². The molecule has 0 aliphatic carbocycles. The largest absolute Gasteiger partial charge is 0.454 e. The zero-order chi connectivity index (χ0) is 12.5. The van der Waals surface area contributed by atoms with Crippen LogP contribution in [0.4, 0.5) is 23.2 Å². The number of carbonyl (C=O) groups excluding carboxylic acids is 1. The second kappa shape index (κ2) is 4.11. The van der Waals surface area contributed by atoms with Crippen LogP contribution in [0, 0.1) is 5.82 Å². The quantitative estimate of drug-likeness (QED) is 0.580. The number of alkyl halides is 3. The maximum Gasteiger partial charge on any atom is 0.454 e. The van der Waals surface area contributed by atoms with Crippen LogP contribution in [0.3, 0.4) is 0 Å². The van der Waals surface area contributed by atoms with Gasteiger partial charge in [0, 0.05) is 19.7 Å². The summed E-state index contributed by atoms with van der Waals surface area (Å²) < 4.78 is 49.4. The molecule has 0 saturated heterocycles. The van der Waals surface area contributed by atoms with Gasteiger partial charge in [-0.1, -0.05) is 0 Å². The Bertz CT molecular complexity index is 412. The van der Waals surface area contributed by atoms with Gasteiger partial charge in [0.15, 0.2) is 0 Å². The van der Waals surface area contributed by atoms with Crippen LogP contribution in [0.1, 0.15) is 10.4 Å². The van der Waals surface area contributed by atoms with E-state index < -0.39 is 23.3 Å². The number of hydrogen-bond acceptors (Lipinski definition) is 2. The Balaban J connectivity index is 3.12. The predicted molar refractivity (Wildman–Crippen MR) is 51.1 cm³/mol. The van der Waals surface area contributed by atoms with Crippen molar-refractivity contribution in [2.75, 3.05) is 19.0 Å². The minimum atomic E-state index is -4.98. The van der Waals surface area contributed by atoms with Crippen molar-refractivity contribution in [2.24, 2.45) is 0 Å². The van der Waals surface area contributed by atoms with Crippen LogP contribution >= 0.6 is 0 Å². The summed E-state index contributed by atoms with van der Waals surface area (Å²) in [7, 11) is 3.09. The third-order valence-corrected chi connectivity index (χ3v) is 1.95. The highest BCUT2D eigenvalue weighted by Crippen LogP contribution is 2.24. The summed E-state index contributed by atoms with van der Waals surface area (Å²) in [6.45, 7) is 0. The lowest BCUT2D eigenvalue weighted by Crippen LogP contribution is -2.23. The zero-order valence-electron chi connectivity index (χ0n) is 8.60.